The second-order valence-corrected chi connectivity index (χ2v) is 38.3. The van der Waals surface area contributed by atoms with Gasteiger partial charge < -0.3 is 0 Å². The minimum Gasteiger partial charge on any atom is -0.192 e. The van der Waals surface area contributed by atoms with Crippen LogP contribution in [0.2, 0.25) is 0 Å². The predicted octanol–water partition coefficient (Wildman–Crippen LogP) is 38.8. The zero-order chi connectivity index (χ0) is 109. The molecule has 28 rings (SSSR count). The van der Waals surface area contributed by atoms with Crippen LogP contribution in [0.25, 0.3) is 89.0 Å². The molecular weight excluding hydrogens is 1790 g/mol. The van der Waals surface area contributed by atoms with Crippen molar-refractivity contribution >= 4 is 0 Å². The number of nitrogens with zero attached hydrogens (tertiary/aromatic N) is 4. The van der Waals surface area contributed by atoms with Crippen molar-refractivity contribution in [3.63, 3.8) is 0 Å². The molecule has 12 aliphatic rings. The summed E-state index contributed by atoms with van der Waals surface area (Å²) in [6.45, 7) is 84.4. The molecule has 4 unspecified atom stereocenters. The van der Waals surface area contributed by atoms with Gasteiger partial charge in [-0.2, -0.15) is 18.3 Å². The number of aryl methyl sites for hydroxylation is 2. The van der Waals surface area contributed by atoms with E-state index in [2.05, 4.69) is 393 Å². The van der Waals surface area contributed by atoms with Crippen LogP contribution in [0.1, 0.15) is 429 Å². The minimum absolute atomic E-state index is 0.0557. The first-order valence-corrected chi connectivity index (χ1v) is 57.9. The summed E-state index contributed by atoms with van der Waals surface area (Å²) in [6, 6.07) is 100. The van der Waals surface area contributed by atoms with Crippen molar-refractivity contribution < 1.29 is 18.3 Å². The molecule has 0 radical (unpaired) electrons. The normalized spacial score (nSPS) is 15.4. The fourth-order valence-corrected chi connectivity index (χ4v) is 26.6. The van der Waals surface area contributed by atoms with Gasteiger partial charge in [-0.05, 0) is 266 Å². The molecule has 8 aliphatic carbocycles. The van der Waals surface area contributed by atoms with Crippen molar-refractivity contribution in [1.82, 2.24) is 0 Å². The van der Waals surface area contributed by atoms with E-state index < -0.39 is 0 Å². The standard InChI is InChI=1S/4C29H24N.14C2H6/c1-17-8-6-11-22-26-25-16-23-19(14-18-9-4-5-10-20(18)23)15-24(25)21-12-7-13-30(28(21)26)29(2,3)27(17)22;1-17-24-19-11-5-4-10-18(19)16-22(24)25-20-12-6-7-13-21(20)26-23-14-8-9-15-30(23)29(2,3)28(17)27(25)26;1-17-22-16-18-10-4-5-11-19(18)24(22)26-21-13-7-6-12-20(21)25-23-14-8-9-15-30(23)29(2,3)28(17)27(25)26;1-17-11-13-22-21-14-12-19-16-18-8-4-5-9-20(18)24(19)25(21)27-23-10-6-7-15-30(23)29(2,3)28(17)26(22)27;14*1-2/h4-13,15-16,26H,14H2,1-3H3;4-15,26H,16H2,1-3H3;4-15,25H,16H2,1-3H3;4-15,27H,16H2,1-3H3;14*1-2H3/q4*+1;;;;;;;;;;;;;;. The molecule has 12 aromatic carbocycles. The number of pyridine rings is 4. The summed E-state index contributed by atoms with van der Waals surface area (Å²) in [5.74, 6) is 1.27. The van der Waals surface area contributed by atoms with Crippen LogP contribution in [0.4, 0.5) is 0 Å². The molecule has 0 amide bonds. The summed E-state index contributed by atoms with van der Waals surface area (Å²) in [7, 11) is 0. The molecule has 16 aromatic rings. The third-order valence-corrected chi connectivity index (χ3v) is 31.0. The maximum Gasteiger partial charge on any atom is 0.201 e. The summed E-state index contributed by atoms with van der Waals surface area (Å²) in [5, 5.41) is 0. The Balaban J connectivity index is 0.000000173. The molecule has 772 valence electrons. The highest BCUT2D eigenvalue weighted by Crippen LogP contribution is 2.64. The van der Waals surface area contributed by atoms with Gasteiger partial charge in [-0.15, -0.1) is 0 Å². The highest BCUT2D eigenvalue weighted by molar-refractivity contribution is 6.00. The Labute approximate surface area is 897 Å². The Hall–Kier alpha value is -12.8. The van der Waals surface area contributed by atoms with E-state index in [1.165, 1.54) is 223 Å². The average Bonchev–Trinajstić information content (AvgIpc) is 1.52. The van der Waals surface area contributed by atoms with Crippen molar-refractivity contribution in [2.24, 2.45) is 0 Å². The van der Waals surface area contributed by atoms with Crippen LogP contribution in [0, 0.1) is 27.7 Å². The lowest BCUT2D eigenvalue weighted by Crippen LogP contribution is -2.59. The monoisotopic (exact) mass is 1970 g/mol. The zero-order valence-corrected chi connectivity index (χ0v) is 98.6. The smallest absolute Gasteiger partial charge is 0.192 e. The van der Waals surface area contributed by atoms with Gasteiger partial charge >= 0.3 is 0 Å². The molecule has 0 saturated carbocycles. The fourth-order valence-electron chi connectivity index (χ4n) is 26.6. The van der Waals surface area contributed by atoms with E-state index in [9.17, 15) is 0 Å². The van der Waals surface area contributed by atoms with Gasteiger partial charge in [-0.3, -0.25) is 0 Å². The Bertz CT molecular complexity index is 7360. The van der Waals surface area contributed by atoms with Crippen molar-refractivity contribution in [2.45, 2.75) is 348 Å². The van der Waals surface area contributed by atoms with E-state index in [1.54, 1.807) is 22.3 Å². The molecule has 4 nitrogen and oxygen atoms in total. The zero-order valence-electron chi connectivity index (χ0n) is 98.6. The third kappa shape index (κ3) is 18.4. The van der Waals surface area contributed by atoms with Gasteiger partial charge in [0.2, 0.25) is 5.69 Å². The summed E-state index contributed by atoms with van der Waals surface area (Å²) in [5.41, 5.74) is 64.4. The molecule has 0 spiro atoms. The highest BCUT2D eigenvalue weighted by Gasteiger charge is 2.57. The second-order valence-electron chi connectivity index (χ2n) is 38.3. The summed E-state index contributed by atoms with van der Waals surface area (Å²) in [6.07, 6.45) is 13.3. The van der Waals surface area contributed by atoms with Crippen molar-refractivity contribution in [3.8, 4) is 89.0 Å². The molecule has 4 heteroatoms. The lowest BCUT2D eigenvalue weighted by molar-refractivity contribution is -0.756. The first-order valence-electron chi connectivity index (χ1n) is 57.9. The fraction of sp³-hybridized carbons (Fsp3) is 0.361. The van der Waals surface area contributed by atoms with Gasteiger partial charge in [0.1, 0.15) is 0 Å². The van der Waals surface area contributed by atoms with Gasteiger partial charge in [-0.1, -0.05) is 400 Å². The number of rotatable bonds is 0. The average molecular weight is 1970 g/mol. The predicted molar refractivity (Wildman–Crippen MR) is 642 cm³/mol. The van der Waals surface area contributed by atoms with E-state index >= 15 is 0 Å². The van der Waals surface area contributed by atoms with Crippen molar-refractivity contribution in [1.29, 1.82) is 0 Å². The quantitative estimate of drug-likeness (QED) is 0.135. The number of hydrogen-bond acceptors (Lipinski definition) is 0. The van der Waals surface area contributed by atoms with Gasteiger partial charge in [0.05, 0.1) is 29.2 Å². The highest BCUT2D eigenvalue weighted by atomic mass is 15.1. The van der Waals surface area contributed by atoms with Crippen LogP contribution >= 0.6 is 0 Å². The molecule has 0 bridgehead atoms. The topological polar surface area (TPSA) is 15.5 Å². The van der Waals surface area contributed by atoms with Gasteiger partial charge in [0.25, 0.3) is 0 Å². The molecule has 4 aromatic heterocycles. The molecule has 4 atom stereocenters. The number of fused-ring (bicyclic) bond motifs is 35. The first kappa shape index (κ1) is 116. The molecule has 8 heterocycles. The van der Waals surface area contributed by atoms with Crippen molar-refractivity contribution in [2.75, 3.05) is 0 Å². The molecular formula is C144H180N4+4. The molecule has 0 fully saturated rings. The Morgan fingerprint density at radius 3 is 1.08 bits per heavy atom. The lowest BCUT2D eigenvalue weighted by Gasteiger charge is -2.34. The maximum atomic E-state index is 2.54. The van der Waals surface area contributed by atoms with Crippen molar-refractivity contribution in [3.05, 3.63) is 448 Å². The maximum absolute atomic E-state index is 2.54. The van der Waals surface area contributed by atoms with Crippen LogP contribution in [0.3, 0.4) is 0 Å². The Kier molecular flexibility index (Phi) is 38.7. The van der Waals surface area contributed by atoms with E-state index in [-0.39, 0.29) is 22.2 Å². The van der Waals surface area contributed by atoms with Gasteiger partial charge in [0.15, 0.2) is 64.0 Å². The minimum atomic E-state index is -0.0874. The summed E-state index contributed by atoms with van der Waals surface area (Å²) >= 11 is 0. The van der Waals surface area contributed by atoms with Gasteiger partial charge in [-0.25, -0.2) is 0 Å². The van der Waals surface area contributed by atoms with Gasteiger partial charge in [0, 0.05) is 120 Å². The summed E-state index contributed by atoms with van der Waals surface area (Å²) in [4.78, 5) is 0. The molecule has 0 saturated heterocycles. The van der Waals surface area contributed by atoms with Crippen LogP contribution in [-0.4, -0.2) is 0 Å². The molecule has 4 aliphatic heterocycles. The van der Waals surface area contributed by atoms with E-state index in [0.29, 0.717) is 23.7 Å². The largest absolute Gasteiger partial charge is 0.201 e. The lowest BCUT2D eigenvalue weighted by atomic mass is 9.73. The second kappa shape index (κ2) is 49.6. The Morgan fingerprint density at radius 1 is 0.196 bits per heavy atom. The number of benzene rings is 12. The van der Waals surface area contributed by atoms with E-state index in [0.717, 1.165) is 25.7 Å². The molecule has 0 N–H and O–H groups in total. The van der Waals surface area contributed by atoms with E-state index in [4.69, 9.17) is 0 Å². The number of aromatic nitrogens is 4. The first-order chi connectivity index (χ1) is 72.3. The number of hydrogen-bond donors (Lipinski definition) is 0. The van der Waals surface area contributed by atoms with Crippen LogP contribution < -0.4 is 18.3 Å². The summed E-state index contributed by atoms with van der Waals surface area (Å²) < 4.78 is 10.1. The third-order valence-electron chi connectivity index (χ3n) is 31.0. The van der Waals surface area contributed by atoms with Crippen LogP contribution in [-0.2, 0) is 47.8 Å². The molecule has 148 heavy (non-hydrogen) atoms. The van der Waals surface area contributed by atoms with Crippen LogP contribution in [0.5, 0.6) is 0 Å². The SMILES string of the molecule is CC.CC.CC.CC.CC.CC.CC.CC.CC.CC.CC.CC.CC.CC.Cc1c2c(c3c4c1C(C)(C)[n+]1ccccc1C4c1ccccc1-3)-c1ccccc1C2.Cc1c2c(c3c4c1C(C)(C)[n+]1ccccc1C4c1ccccc1-3)Cc1ccccc1-2.Cc1ccc2c3c1C(C)(C)[n+]1ccccc1C3c1c-2ccc2c1-c1ccccc1C2.Cc1cccc2c1C(C)(C)[n+]1cccc3c1C2c1cc2c(cc1-3)Cc1ccccc1-2. The Morgan fingerprint density at radius 2 is 0.561 bits per heavy atom. The van der Waals surface area contributed by atoms with Crippen LogP contribution in [0.15, 0.2) is 292 Å². The van der Waals surface area contributed by atoms with E-state index in [1.807, 2.05) is 194 Å².